The number of hydrogen-bond acceptors (Lipinski definition) is 5. The molecule has 0 radical (unpaired) electrons. The van der Waals surface area contributed by atoms with Crippen LogP contribution in [0.25, 0.3) is 0 Å². The van der Waals surface area contributed by atoms with E-state index in [1.54, 1.807) is 22.3 Å². The van der Waals surface area contributed by atoms with Crippen molar-refractivity contribution in [3.63, 3.8) is 0 Å². The number of pyridine rings is 1. The van der Waals surface area contributed by atoms with E-state index >= 15 is 0 Å². The van der Waals surface area contributed by atoms with Gasteiger partial charge < -0.3 is 4.90 Å². The molecular weight excluding hydrogens is 407 g/mol. The zero-order chi connectivity index (χ0) is 20.5. The molecule has 0 N–H and O–H groups in total. The second-order valence-electron chi connectivity index (χ2n) is 6.45. The van der Waals surface area contributed by atoms with Crippen LogP contribution >= 0.6 is 23.1 Å². The van der Waals surface area contributed by atoms with E-state index in [0.29, 0.717) is 6.54 Å². The summed E-state index contributed by atoms with van der Waals surface area (Å²) < 4.78 is 39.7. The van der Waals surface area contributed by atoms with Crippen LogP contribution in [0.5, 0.6) is 0 Å². The van der Waals surface area contributed by atoms with E-state index in [-0.39, 0.29) is 28.4 Å². The summed E-state index contributed by atoms with van der Waals surface area (Å²) in [7, 11) is 0. The Labute approximate surface area is 169 Å². The number of amides is 1. The maximum atomic E-state index is 13.2. The quantitative estimate of drug-likeness (QED) is 0.649. The molecule has 1 aliphatic heterocycles. The van der Waals surface area contributed by atoms with Gasteiger partial charge in [0.15, 0.2) is 0 Å². The van der Waals surface area contributed by atoms with Crippen LogP contribution in [0.2, 0.25) is 0 Å². The third-order valence-electron chi connectivity index (χ3n) is 4.67. The Morgan fingerprint density at radius 1 is 1.50 bits per heavy atom. The Kier molecular flexibility index (Phi) is 6.01. The lowest BCUT2D eigenvalue weighted by Gasteiger charge is -2.35. The average molecular weight is 426 g/mol. The van der Waals surface area contributed by atoms with Crippen molar-refractivity contribution in [1.82, 2.24) is 9.88 Å². The highest BCUT2D eigenvalue weighted by molar-refractivity contribution is 8.00. The zero-order valence-electron chi connectivity index (χ0n) is 15.3. The Hall–Kier alpha value is -2.05. The number of nitrogens with zero attached hydrogens (tertiary/aromatic N) is 3. The first-order chi connectivity index (χ1) is 13.3. The predicted molar refractivity (Wildman–Crippen MR) is 102 cm³/mol. The Morgan fingerprint density at radius 3 is 2.89 bits per heavy atom. The lowest BCUT2D eigenvalue weighted by Crippen LogP contribution is -2.40. The molecule has 1 amide bonds. The van der Waals surface area contributed by atoms with E-state index in [0.717, 1.165) is 36.2 Å². The Morgan fingerprint density at radius 2 is 2.25 bits per heavy atom. The molecule has 148 valence electrons. The first-order valence-electron chi connectivity index (χ1n) is 8.73. The molecule has 0 saturated heterocycles. The number of aromatic nitrogens is 1. The minimum Gasteiger partial charge on any atom is -0.335 e. The molecule has 9 heteroatoms. The predicted octanol–water partition coefficient (Wildman–Crippen LogP) is 4.97. The van der Waals surface area contributed by atoms with Crippen LogP contribution in [0.15, 0.2) is 22.5 Å². The number of thiophene rings is 1. The molecule has 1 unspecified atom stereocenters. The summed E-state index contributed by atoms with van der Waals surface area (Å²) in [6.45, 7) is 4.04. The molecular formula is C19H18F3N3OS2. The molecule has 28 heavy (non-hydrogen) atoms. The van der Waals surface area contributed by atoms with Gasteiger partial charge in [-0.25, -0.2) is 4.98 Å². The van der Waals surface area contributed by atoms with E-state index in [2.05, 4.69) is 4.98 Å². The summed E-state index contributed by atoms with van der Waals surface area (Å²) >= 11 is 2.57. The van der Waals surface area contributed by atoms with Crippen molar-refractivity contribution in [2.75, 3.05) is 12.3 Å². The highest BCUT2D eigenvalue weighted by Gasteiger charge is 2.36. The number of carbonyl (C=O) groups is 1. The summed E-state index contributed by atoms with van der Waals surface area (Å²) in [6, 6.07) is 4.48. The van der Waals surface area contributed by atoms with E-state index in [1.165, 1.54) is 11.8 Å². The number of aryl methyl sites for hydroxylation is 1. The maximum absolute atomic E-state index is 13.2. The van der Waals surface area contributed by atoms with Gasteiger partial charge in [0.1, 0.15) is 11.1 Å². The van der Waals surface area contributed by atoms with Crippen LogP contribution in [0.4, 0.5) is 13.2 Å². The molecule has 4 nitrogen and oxygen atoms in total. The highest BCUT2D eigenvalue weighted by Crippen LogP contribution is 2.38. The lowest BCUT2D eigenvalue weighted by molar-refractivity contribution is -0.138. The average Bonchev–Trinajstić information content (AvgIpc) is 3.12. The molecule has 0 spiro atoms. The van der Waals surface area contributed by atoms with Crippen molar-refractivity contribution in [3.05, 3.63) is 44.8 Å². The van der Waals surface area contributed by atoms with Gasteiger partial charge in [-0.3, -0.25) is 4.79 Å². The van der Waals surface area contributed by atoms with Crippen LogP contribution in [0.1, 0.15) is 46.6 Å². The van der Waals surface area contributed by atoms with Crippen molar-refractivity contribution in [2.45, 2.75) is 43.9 Å². The van der Waals surface area contributed by atoms with Gasteiger partial charge in [-0.05, 0) is 42.8 Å². The molecule has 2 aromatic rings. The zero-order valence-corrected chi connectivity index (χ0v) is 17.0. The number of alkyl halides is 3. The van der Waals surface area contributed by atoms with Crippen molar-refractivity contribution in [1.29, 1.82) is 5.26 Å². The number of rotatable bonds is 4. The molecule has 3 rings (SSSR count). The van der Waals surface area contributed by atoms with Crippen LogP contribution in [0.3, 0.4) is 0 Å². The standard InChI is InChI=1S/C19H18F3N3OS2/c1-3-15-12-5-7-27-16(12)4-6-25(15)17(26)10-28-18-13(9-23)14(19(20,21)22)8-11(2)24-18/h5,7-8,15H,3-4,6,10H2,1-2H3. The molecule has 3 heterocycles. The summed E-state index contributed by atoms with van der Waals surface area (Å²) in [6.07, 6.45) is -3.09. The van der Waals surface area contributed by atoms with Gasteiger partial charge in [0.05, 0.1) is 22.9 Å². The molecule has 1 atom stereocenters. The van der Waals surface area contributed by atoms with Crippen LogP contribution in [-0.2, 0) is 17.4 Å². The smallest absolute Gasteiger partial charge is 0.335 e. The highest BCUT2D eigenvalue weighted by atomic mass is 32.2. The topological polar surface area (TPSA) is 57.0 Å². The van der Waals surface area contributed by atoms with Gasteiger partial charge in [-0.1, -0.05) is 18.7 Å². The summed E-state index contributed by atoms with van der Waals surface area (Å²) in [5.74, 6) is -0.215. The first-order valence-corrected chi connectivity index (χ1v) is 10.6. The molecule has 1 aliphatic rings. The summed E-state index contributed by atoms with van der Waals surface area (Å²) in [5.41, 5.74) is -0.220. The molecule has 2 aromatic heterocycles. The number of nitriles is 1. The maximum Gasteiger partial charge on any atom is 0.417 e. The van der Waals surface area contributed by atoms with Crippen molar-refractivity contribution in [2.24, 2.45) is 0 Å². The fraction of sp³-hybridized carbons (Fsp3) is 0.421. The van der Waals surface area contributed by atoms with E-state index in [9.17, 15) is 23.2 Å². The number of thioether (sulfide) groups is 1. The second kappa shape index (κ2) is 8.13. The minimum absolute atomic E-state index is 0.0188. The molecule has 0 bridgehead atoms. The largest absolute Gasteiger partial charge is 0.417 e. The van der Waals surface area contributed by atoms with Crippen molar-refractivity contribution < 1.29 is 18.0 Å². The van der Waals surface area contributed by atoms with E-state index < -0.39 is 17.3 Å². The SMILES string of the molecule is CCC1c2ccsc2CCN1C(=O)CSc1nc(C)cc(C(F)(F)F)c1C#N. The minimum atomic E-state index is -4.65. The summed E-state index contributed by atoms with van der Waals surface area (Å²) in [4.78, 5) is 20.0. The van der Waals surface area contributed by atoms with Gasteiger partial charge in [0.2, 0.25) is 5.91 Å². The van der Waals surface area contributed by atoms with Crippen molar-refractivity contribution in [3.8, 4) is 6.07 Å². The Balaban J connectivity index is 1.80. The molecule has 0 aliphatic carbocycles. The third-order valence-corrected chi connectivity index (χ3v) is 6.62. The number of halogens is 3. The van der Waals surface area contributed by atoms with Gasteiger partial charge in [0.25, 0.3) is 0 Å². The van der Waals surface area contributed by atoms with Crippen molar-refractivity contribution >= 4 is 29.0 Å². The summed E-state index contributed by atoms with van der Waals surface area (Å²) in [5, 5.41) is 11.2. The van der Waals surface area contributed by atoms with Gasteiger partial charge in [-0.2, -0.15) is 18.4 Å². The number of hydrogen-bond donors (Lipinski definition) is 0. The van der Waals surface area contributed by atoms with E-state index in [4.69, 9.17) is 0 Å². The first kappa shape index (κ1) is 20.7. The van der Waals surface area contributed by atoms with E-state index in [1.807, 2.05) is 18.4 Å². The monoisotopic (exact) mass is 425 g/mol. The second-order valence-corrected chi connectivity index (χ2v) is 8.41. The Bertz CT molecular complexity index is 933. The molecule has 0 fully saturated rings. The molecule has 0 saturated carbocycles. The van der Waals surface area contributed by atoms with Crippen LogP contribution < -0.4 is 0 Å². The number of carbonyl (C=O) groups excluding carboxylic acids is 1. The fourth-order valence-electron chi connectivity index (χ4n) is 3.43. The molecule has 0 aromatic carbocycles. The fourth-order valence-corrected chi connectivity index (χ4v) is 5.29. The number of fused-ring (bicyclic) bond motifs is 1. The third kappa shape index (κ3) is 4.03. The van der Waals surface area contributed by atoms with Gasteiger partial charge in [0, 0.05) is 17.1 Å². The van der Waals surface area contributed by atoms with Crippen LogP contribution in [0, 0.1) is 18.3 Å². The normalized spacial score (nSPS) is 16.6. The lowest BCUT2D eigenvalue weighted by atomic mass is 9.98. The van der Waals surface area contributed by atoms with Crippen LogP contribution in [-0.4, -0.2) is 28.1 Å². The van der Waals surface area contributed by atoms with Gasteiger partial charge in [-0.15, -0.1) is 11.3 Å². The van der Waals surface area contributed by atoms with Gasteiger partial charge >= 0.3 is 6.18 Å².